The molecule has 3 heteroatoms. The van der Waals surface area contributed by atoms with Gasteiger partial charge in [-0.2, -0.15) is 0 Å². The van der Waals surface area contributed by atoms with Gasteiger partial charge < -0.3 is 16.4 Å². The Bertz CT molecular complexity index is 204. The monoisotopic (exact) mass is 167 g/mol. The summed E-state index contributed by atoms with van der Waals surface area (Å²) in [6.07, 6.45) is 3.79. The number of nitrogens with two attached hydrogens (primary N) is 1. The molecule has 12 heavy (non-hydrogen) atoms. The maximum absolute atomic E-state index is 5.78. The molecule has 1 rings (SSSR count). The lowest BCUT2D eigenvalue weighted by atomic mass is 10.1. The second kappa shape index (κ2) is 4.16. The first-order chi connectivity index (χ1) is 5.70. The molecular formula is C9H17N3. The van der Waals surface area contributed by atoms with Gasteiger partial charge >= 0.3 is 0 Å². The van der Waals surface area contributed by atoms with E-state index in [2.05, 4.69) is 24.5 Å². The average molecular weight is 167 g/mol. The normalized spacial score (nSPS) is 16.9. The van der Waals surface area contributed by atoms with Crippen LogP contribution in [0.2, 0.25) is 0 Å². The summed E-state index contributed by atoms with van der Waals surface area (Å²) < 4.78 is 0. The van der Waals surface area contributed by atoms with Crippen LogP contribution in [0.4, 0.5) is 0 Å². The van der Waals surface area contributed by atoms with E-state index in [9.17, 15) is 0 Å². The van der Waals surface area contributed by atoms with Crippen molar-refractivity contribution in [1.82, 2.24) is 10.6 Å². The average Bonchev–Trinajstić information content (AvgIpc) is 2.03. The number of allylic oxidation sites excluding steroid dienone is 1. The molecule has 0 radical (unpaired) electrons. The smallest absolute Gasteiger partial charge is 0.0390 e. The fourth-order valence-corrected chi connectivity index (χ4v) is 1.04. The topological polar surface area (TPSA) is 50.1 Å². The van der Waals surface area contributed by atoms with E-state index in [1.54, 1.807) is 0 Å². The summed E-state index contributed by atoms with van der Waals surface area (Å²) in [6, 6.07) is 0.510. The van der Waals surface area contributed by atoms with Gasteiger partial charge in [0.1, 0.15) is 0 Å². The van der Waals surface area contributed by atoms with E-state index in [1.165, 1.54) is 5.57 Å². The number of nitrogens with one attached hydrogen (secondary N) is 2. The summed E-state index contributed by atoms with van der Waals surface area (Å²) in [7, 11) is 0. The van der Waals surface area contributed by atoms with Crippen LogP contribution in [0, 0.1) is 0 Å². The van der Waals surface area contributed by atoms with Crippen molar-refractivity contribution >= 4 is 0 Å². The molecule has 1 heterocycles. The summed E-state index contributed by atoms with van der Waals surface area (Å²) in [5.41, 5.74) is 7.91. The highest BCUT2D eigenvalue weighted by atomic mass is 14.9. The molecular weight excluding hydrogens is 150 g/mol. The lowest BCUT2D eigenvalue weighted by Crippen LogP contribution is -2.31. The van der Waals surface area contributed by atoms with E-state index < -0.39 is 0 Å². The summed E-state index contributed by atoms with van der Waals surface area (Å²) in [5, 5.41) is 6.46. The quantitative estimate of drug-likeness (QED) is 0.567. The van der Waals surface area contributed by atoms with Crippen molar-refractivity contribution in [2.24, 2.45) is 5.73 Å². The van der Waals surface area contributed by atoms with Gasteiger partial charge in [-0.15, -0.1) is 0 Å². The molecule has 0 saturated carbocycles. The van der Waals surface area contributed by atoms with Gasteiger partial charge in [-0.05, 0) is 17.8 Å². The van der Waals surface area contributed by atoms with Crippen molar-refractivity contribution < 1.29 is 0 Å². The number of rotatable bonds is 3. The lowest BCUT2D eigenvalue weighted by molar-refractivity contribution is 0.610. The minimum atomic E-state index is 0.510. The molecule has 0 fully saturated rings. The van der Waals surface area contributed by atoms with Gasteiger partial charge in [0.15, 0.2) is 0 Å². The highest BCUT2D eigenvalue weighted by Crippen LogP contribution is 2.02. The first-order valence-corrected chi connectivity index (χ1v) is 4.31. The molecule has 0 saturated heterocycles. The minimum absolute atomic E-state index is 0.510. The zero-order chi connectivity index (χ0) is 8.97. The van der Waals surface area contributed by atoms with E-state index >= 15 is 0 Å². The van der Waals surface area contributed by atoms with E-state index in [1.807, 2.05) is 12.3 Å². The molecule has 4 N–H and O–H groups in total. The van der Waals surface area contributed by atoms with Gasteiger partial charge in [0.25, 0.3) is 0 Å². The van der Waals surface area contributed by atoms with Crippen molar-refractivity contribution in [3.8, 4) is 0 Å². The van der Waals surface area contributed by atoms with Crippen molar-refractivity contribution in [3.05, 3.63) is 23.5 Å². The van der Waals surface area contributed by atoms with Crippen molar-refractivity contribution in [2.75, 3.05) is 13.1 Å². The summed E-state index contributed by atoms with van der Waals surface area (Å²) in [4.78, 5) is 0. The van der Waals surface area contributed by atoms with Gasteiger partial charge in [0.05, 0.1) is 0 Å². The number of hydrogen-bond acceptors (Lipinski definition) is 3. The van der Waals surface area contributed by atoms with Crippen LogP contribution in [0.5, 0.6) is 0 Å². The Labute approximate surface area is 73.7 Å². The van der Waals surface area contributed by atoms with Crippen LogP contribution < -0.4 is 16.4 Å². The van der Waals surface area contributed by atoms with Crippen molar-refractivity contribution in [3.63, 3.8) is 0 Å². The molecule has 0 aromatic rings. The van der Waals surface area contributed by atoms with Gasteiger partial charge in [-0.3, -0.25) is 0 Å². The standard InChI is InChI=1S/C9H17N3/c1-7(2)12-6-8-5-11-4-3-9(8)10/h3-4,7,11-12H,5-6,10H2,1-2H3. The Morgan fingerprint density at radius 1 is 1.67 bits per heavy atom. The third-order valence-electron chi connectivity index (χ3n) is 1.83. The van der Waals surface area contributed by atoms with Gasteiger partial charge in [0.2, 0.25) is 0 Å². The Balaban J connectivity index is 2.44. The lowest BCUT2D eigenvalue weighted by Gasteiger charge is -2.16. The Morgan fingerprint density at radius 2 is 2.42 bits per heavy atom. The van der Waals surface area contributed by atoms with Crippen LogP contribution in [0.3, 0.4) is 0 Å². The van der Waals surface area contributed by atoms with E-state index in [4.69, 9.17) is 5.73 Å². The second-order valence-electron chi connectivity index (χ2n) is 3.31. The third-order valence-corrected chi connectivity index (χ3v) is 1.83. The van der Waals surface area contributed by atoms with Crippen molar-refractivity contribution in [1.29, 1.82) is 0 Å². The van der Waals surface area contributed by atoms with Crippen LogP contribution in [0.25, 0.3) is 0 Å². The maximum Gasteiger partial charge on any atom is 0.0390 e. The van der Waals surface area contributed by atoms with E-state index in [-0.39, 0.29) is 0 Å². The Morgan fingerprint density at radius 3 is 3.00 bits per heavy atom. The largest absolute Gasteiger partial charge is 0.399 e. The SMILES string of the molecule is CC(C)NCC1=C(N)C=CNC1. The summed E-state index contributed by atoms with van der Waals surface area (Å²) in [6.45, 7) is 5.99. The molecule has 1 aliphatic heterocycles. The van der Waals surface area contributed by atoms with Gasteiger partial charge in [-0.25, -0.2) is 0 Å². The number of hydrogen-bond donors (Lipinski definition) is 3. The van der Waals surface area contributed by atoms with Crippen molar-refractivity contribution in [2.45, 2.75) is 19.9 Å². The zero-order valence-electron chi connectivity index (χ0n) is 7.72. The molecule has 0 bridgehead atoms. The fraction of sp³-hybridized carbons (Fsp3) is 0.556. The highest BCUT2D eigenvalue weighted by molar-refractivity contribution is 5.28. The molecule has 68 valence electrons. The number of dihydropyridines is 1. The molecule has 0 atom stereocenters. The molecule has 0 unspecified atom stereocenters. The summed E-state index contributed by atoms with van der Waals surface area (Å²) >= 11 is 0. The summed E-state index contributed by atoms with van der Waals surface area (Å²) in [5.74, 6) is 0. The Kier molecular flexibility index (Phi) is 3.17. The molecule has 0 aromatic heterocycles. The predicted molar refractivity (Wildman–Crippen MR) is 51.5 cm³/mol. The third kappa shape index (κ3) is 2.58. The van der Waals surface area contributed by atoms with Crippen LogP contribution in [0.15, 0.2) is 23.5 Å². The van der Waals surface area contributed by atoms with Crippen LogP contribution in [-0.2, 0) is 0 Å². The van der Waals surface area contributed by atoms with Crippen LogP contribution >= 0.6 is 0 Å². The zero-order valence-corrected chi connectivity index (χ0v) is 7.72. The predicted octanol–water partition coefficient (Wildman–Crippen LogP) is 0.314. The van der Waals surface area contributed by atoms with Gasteiger partial charge in [-0.1, -0.05) is 13.8 Å². The Hall–Kier alpha value is -0.960. The fourth-order valence-electron chi connectivity index (χ4n) is 1.04. The molecule has 0 aromatic carbocycles. The molecule has 0 aliphatic carbocycles. The molecule has 0 spiro atoms. The molecule has 1 aliphatic rings. The molecule has 0 amide bonds. The van der Waals surface area contributed by atoms with E-state index in [0.717, 1.165) is 18.8 Å². The first kappa shape index (κ1) is 9.13. The highest BCUT2D eigenvalue weighted by Gasteiger charge is 2.04. The maximum atomic E-state index is 5.78. The van der Waals surface area contributed by atoms with Crippen LogP contribution in [0.1, 0.15) is 13.8 Å². The minimum Gasteiger partial charge on any atom is -0.399 e. The molecule has 3 nitrogen and oxygen atoms in total. The first-order valence-electron chi connectivity index (χ1n) is 4.31. The van der Waals surface area contributed by atoms with E-state index in [0.29, 0.717) is 6.04 Å². The van der Waals surface area contributed by atoms with Gasteiger partial charge in [0, 0.05) is 24.8 Å². The van der Waals surface area contributed by atoms with Crippen LogP contribution in [-0.4, -0.2) is 19.1 Å². The second-order valence-corrected chi connectivity index (χ2v) is 3.31.